The summed E-state index contributed by atoms with van der Waals surface area (Å²) in [5.74, 6) is 2.06. The topological polar surface area (TPSA) is 242 Å². The number of rotatable bonds is 16. The zero-order valence-corrected chi connectivity index (χ0v) is 34.4. The van der Waals surface area contributed by atoms with Crippen LogP contribution in [0.5, 0.6) is 0 Å². The Balaban J connectivity index is 1.30. The fourth-order valence-electron chi connectivity index (χ4n) is 6.31. The number of hydrogen-bond acceptors (Lipinski definition) is 18. The van der Waals surface area contributed by atoms with Crippen molar-refractivity contribution in [3.8, 4) is 0 Å². The molecule has 22 heteroatoms. The van der Waals surface area contributed by atoms with Crippen molar-refractivity contribution in [1.29, 1.82) is 0 Å². The highest BCUT2D eigenvalue weighted by Crippen LogP contribution is 2.29. The predicted molar refractivity (Wildman–Crippen MR) is 221 cm³/mol. The molecule has 2 aromatic carbocycles. The number of nitrogens with zero attached hydrogens (tertiary/aromatic N) is 10. The molecule has 0 amide bonds. The van der Waals surface area contributed by atoms with Crippen LogP contribution < -0.4 is 30.2 Å². The van der Waals surface area contributed by atoms with Crippen LogP contribution >= 0.6 is 0 Å². The van der Waals surface area contributed by atoms with E-state index in [-0.39, 0.29) is 34.4 Å². The molecule has 0 radical (unpaired) electrons. The Labute approximate surface area is 337 Å². The van der Waals surface area contributed by atoms with Gasteiger partial charge in [-0.05, 0) is 63.1 Å². The SMILES string of the molecule is CCN(CC)c1nc(Nc2ccc(/C=C/c3ccc(Nc4nc(N(CC)CC)nc(N5CCOCC5)n4)cc3S(=O)(=O)O)c(S(=O)(=O)O)c2)nc(N2CCOCC2)n1. The number of ether oxygens (including phenoxy) is 2. The number of aromatic nitrogens is 6. The van der Waals surface area contributed by atoms with Crippen LogP contribution in [0, 0.1) is 0 Å². The molecule has 0 spiro atoms. The van der Waals surface area contributed by atoms with Gasteiger partial charge in [-0.25, -0.2) is 0 Å². The van der Waals surface area contributed by atoms with Crippen molar-refractivity contribution in [3.05, 3.63) is 47.5 Å². The Kier molecular flexibility index (Phi) is 13.5. The lowest BCUT2D eigenvalue weighted by Crippen LogP contribution is -2.38. The van der Waals surface area contributed by atoms with Gasteiger partial charge in [0.05, 0.1) is 26.4 Å². The van der Waals surface area contributed by atoms with Gasteiger partial charge in [-0.15, -0.1) is 0 Å². The first-order chi connectivity index (χ1) is 27.8. The van der Waals surface area contributed by atoms with Crippen LogP contribution in [0.1, 0.15) is 38.8 Å². The maximum Gasteiger partial charge on any atom is 0.295 e. The third-order valence-electron chi connectivity index (χ3n) is 9.44. The molecular weight excluding hydrogens is 793 g/mol. The summed E-state index contributed by atoms with van der Waals surface area (Å²) in [6.45, 7) is 14.9. The maximum atomic E-state index is 12.7. The van der Waals surface area contributed by atoms with Crippen LogP contribution in [0.3, 0.4) is 0 Å². The first-order valence-electron chi connectivity index (χ1n) is 18.9. The van der Waals surface area contributed by atoms with Gasteiger partial charge in [-0.2, -0.15) is 46.7 Å². The lowest BCUT2D eigenvalue weighted by molar-refractivity contribution is 0.122. The molecule has 0 aliphatic carbocycles. The molecule has 0 bridgehead atoms. The summed E-state index contributed by atoms with van der Waals surface area (Å²) in [6.07, 6.45) is 2.64. The van der Waals surface area contributed by atoms with Gasteiger partial charge in [0.15, 0.2) is 0 Å². The van der Waals surface area contributed by atoms with Gasteiger partial charge in [-0.3, -0.25) is 9.11 Å². The Hall–Kier alpha value is -5.26. The van der Waals surface area contributed by atoms with Crippen molar-refractivity contribution in [2.75, 3.05) is 109 Å². The van der Waals surface area contributed by atoms with Gasteiger partial charge in [-0.1, -0.05) is 24.3 Å². The van der Waals surface area contributed by atoms with E-state index in [1.807, 2.05) is 47.3 Å². The minimum atomic E-state index is -4.80. The highest BCUT2D eigenvalue weighted by molar-refractivity contribution is 7.86. The second kappa shape index (κ2) is 18.6. The van der Waals surface area contributed by atoms with E-state index in [4.69, 9.17) is 9.47 Å². The molecule has 6 rings (SSSR count). The molecule has 4 heterocycles. The van der Waals surface area contributed by atoms with Crippen molar-refractivity contribution in [2.24, 2.45) is 0 Å². The van der Waals surface area contributed by atoms with Crippen LogP contribution in [-0.2, 0) is 29.7 Å². The van der Waals surface area contributed by atoms with E-state index in [1.54, 1.807) is 12.1 Å². The fourth-order valence-corrected chi connectivity index (χ4v) is 7.73. The van der Waals surface area contributed by atoms with E-state index < -0.39 is 30.0 Å². The first kappa shape index (κ1) is 42.3. The van der Waals surface area contributed by atoms with E-state index in [1.165, 1.54) is 36.4 Å². The van der Waals surface area contributed by atoms with Gasteiger partial charge < -0.3 is 39.7 Å². The molecule has 2 saturated heterocycles. The number of nitrogens with one attached hydrogen (secondary N) is 2. The molecule has 0 saturated carbocycles. The number of morpholine rings is 2. The van der Waals surface area contributed by atoms with Crippen molar-refractivity contribution in [2.45, 2.75) is 37.5 Å². The predicted octanol–water partition coefficient (Wildman–Crippen LogP) is 3.57. The second-order valence-corrected chi connectivity index (χ2v) is 15.9. The number of anilines is 8. The molecule has 0 atom stereocenters. The summed E-state index contributed by atoms with van der Waals surface area (Å²) < 4.78 is 82.2. The van der Waals surface area contributed by atoms with Crippen LogP contribution in [0.2, 0.25) is 0 Å². The van der Waals surface area contributed by atoms with E-state index in [2.05, 4.69) is 40.5 Å². The van der Waals surface area contributed by atoms with Gasteiger partial charge in [0.25, 0.3) is 20.2 Å². The number of hydrogen-bond donors (Lipinski definition) is 4. The molecule has 58 heavy (non-hydrogen) atoms. The van der Waals surface area contributed by atoms with E-state index in [0.29, 0.717) is 103 Å². The molecule has 4 N–H and O–H groups in total. The third kappa shape index (κ3) is 10.4. The van der Waals surface area contributed by atoms with Crippen LogP contribution in [0.25, 0.3) is 12.2 Å². The zero-order chi connectivity index (χ0) is 41.5. The third-order valence-corrected chi connectivity index (χ3v) is 11.3. The minimum absolute atomic E-state index is 0.0368. The van der Waals surface area contributed by atoms with Crippen LogP contribution in [-0.4, -0.2) is 135 Å². The van der Waals surface area contributed by atoms with Crippen molar-refractivity contribution >= 4 is 79.5 Å². The summed E-state index contributed by atoms with van der Waals surface area (Å²) in [6, 6.07) is 8.42. The van der Waals surface area contributed by atoms with E-state index in [9.17, 15) is 25.9 Å². The summed E-state index contributed by atoms with van der Waals surface area (Å²) >= 11 is 0. The molecule has 20 nitrogen and oxygen atoms in total. The Morgan fingerprint density at radius 2 is 0.966 bits per heavy atom. The minimum Gasteiger partial charge on any atom is -0.378 e. The Morgan fingerprint density at radius 3 is 1.29 bits per heavy atom. The normalized spacial score (nSPS) is 15.1. The molecule has 4 aromatic rings. The van der Waals surface area contributed by atoms with Crippen molar-refractivity contribution in [1.82, 2.24) is 29.9 Å². The summed E-state index contributed by atoms with van der Waals surface area (Å²) in [4.78, 5) is 34.5. The van der Waals surface area contributed by atoms with Gasteiger partial charge in [0.1, 0.15) is 9.79 Å². The Bertz CT molecular complexity index is 2150. The quantitative estimate of drug-likeness (QED) is 0.0931. The van der Waals surface area contributed by atoms with Crippen molar-refractivity contribution in [3.63, 3.8) is 0 Å². The molecule has 0 unspecified atom stereocenters. The molecule has 2 aromatic heterocycles. The van der Waals surface area contributed by atoms with E-state index in [0.717, 1.165) is 0 Å². The summed E-state index contributed by atoms with van der Waals surface area (Å²) in [7, 11) is -9.60. The molecule has 312 valence electrons. The largest absolute Gasteiger partial charge is 0.378 e. The summed E-state index contributed by atoms with van der Waals surface area (Å²) in [5.41, 5.74) is 0.579. The van der Waals surface area contributed by atoms with Gasteiger partial charge >= 0.3 is 0 Å². The van der Waals surface area contributed by atoms with Gasteiger partial charge in [0.2, 0.25) is 35.7 Å². The molecule has 2 fully saturated rings. The average molecular weight is 841 g/mol. The first-order valence-corrected chi connectivity index (χ1v) is 21.8. The van der Waals surface area contributed by atoms with Crippen LogP contribution in [0.15, 0.2) is 46.2 Å². The molecular formula is C36H48N12O8S2. The fraction of sp³-hybridized carbons (Fsp3) is 0.444. The molecule has 2 aliphatic heterocycles. The number of benzene rings is 2. The Morgan fingerprint density at radius 1 is 0.603 bits per heavy atom. The van der Waals surface area contributed by atoms with Crippen LogP contribution in [0.4, 0.5) is 47.1 Å². The second-order valence-electron chi connectivity index (χ2n) is 13.1. The summed E-state index contributed by atoms with van der Waals surface area (Å²) in [5, 5.41) is 6.09. The zero-order valence-electron chi connectivity index (χ0n) is 32.7. The monoisotopic (exact) mass is 840 g/mol. The average Bonchev–Trinajstić information content (AvgIpc) is 3.21. The van der Waals surface area contributed by atoms with Gasteiger partial charge in [0, 0.05) is 63.7 Å². The van der Waals surface area contributed by atoms with E-state index >= 15 is 0 Å². The maximum absolute atomic E-state index is 12.7. The smallest absolute Gasteiger partial charge is 0.295 e. The lowest BCUT2D eigenvalue weighted by Gasteiger charge is -2.28. The highest BCUT2D eigenvalue weighted by atomic mass is 32.2. The molecule has 2 aliphatic rings. The standard InChI is InChI=1S/C36H48N12O8S2/c1-5-45(6-2)33-39-31(41-35(43-33)47-15-19-55-20-16-47)37-27-13-11-25(29(23-27)57(49,50)51)9-10-26-12-14-28(24-30(26)58(52,53)54)38-32-40-34(46(7-3)8-4)44-36(42-32)48-17-21-56-22-18-48/h9-14,23-24H,5-8,15-22H2,1-4H3,(H,49,50,51)(H,52,53,54)(H,37,39,41,43)(H,38,40,42,44)/b10-9+. The highest BCUT2D eigenvalue weighted by Gasteiger charge is 2.23. The van der Waals surface area contributed by atoms with Crippen molar-refractivity contribution < 1.29 is 35.4 Å². The lowest BCUT2D eigenvalue weighted by atomic mass is 10.1.